The van der Waals surface area contributed by atoms with E-state index in [9.17, 15) is 0 Å². The van der Waals surface area contributed by atoms with Gasteiger partial charge in [-0.05, 0) is 47.1 Å². The van der Waals surface area contributed by atoms with E-state index in [0.717, 1.165) is 4.90 Å². The van der Waals surface area contributed by atoms with Gasteiger partial charge in [0.15, 0.2) is 0 Å². The third-order valence-electron chi connectivity index (χ3n) is 1.86. The topological polar surface area (TPSA) is 0 Å². The highest BCUT2D eigenvalue weighted by atomic mass is 127. The molecule has 0 amide bonds. The van der Waals surface area contributed by atoms with Gasteiger partial charge in [0.1, 0.15) is 0 Å². The lowest BCUT2D eigenvalue weighted by Crippen LogP contribution is -1.89. The first-order chi connectivity index (χ1) is 5.75. The Hall–Kier alpha value is 0.300. The Bertz CT molecular complexity index is 258. The molecule has 0 aliphatic heterocycles. The minimum Gasteiger partial charge on any atom is -0.142 e. The summed E-state index contributed by atoms with van der Waals surface area (Å²) >= 11 is 6.75. The summed E-state index contributed by atoms with van der Waals surface area (Å²) in [7, 11) is 0. The van der Waals surface area contributed by atoms with Crippen molar-refractivity contribution < 1.29 is 0 Å². The van der Waals surface area contributed by atoms with E-state index in [2.05, 4.69) is 54.3 Å². The number of thiol groups is 1. The van der Waals surface area contributed by atoms with Crippen molar-refractivity contribution in [2.24, 2.45) is 0 Å². The number of hydrogen-bond acceptors (Lipinski definition) is 1. The molecule has 0 heterocycles. The van der Waals surface area contributed by atoms with Crippen LogP contribution in [0.1, 0.15) is 25.3 Å². The maximum Gasteiger partial charge on any atom is 0.0295 e. The van der Waals surface area contributed by atoms with Gasteiger partial charge < -0.3 is 0 Å². The van der Waals surface area contributed by atoms with Crippen molar-refractivity contribution >= 4 is 35.2 Å². The van der Waals surface area contributed by atoms with Crippen LogP contribution in [0.2, 0.25) is 0 Å². The fraction of sp³-hybridized carbons (Fsp3) is 0.400. The number of rotatable bonds is 3. The lowest BCUT2D eigenvalue weighted by molar-refractivity contribution is 0.790. The van der Waals surface area contributed by atoms with E-state index in [1.807, 2.05) is 6.07 Å². The highest BCUT2D eigenvalue weighted by molar-refractivity contribution is 14.1. The number of unbranched alkanes of at least 4 members (excludes halogenated alkanes) is 1. The molecule has 0 nitrogen and oxygen atoms in total. The summed E-state index contributed by atoms with van der Waals surface area (Å²) < 4.78 is 1.31. The minimum atomic E-state index is 1.10. The van der Waals surface area contributed by atoms with Crippen LogP contribution in [0.25, 0.3) is 0 Å². The molecular weight excluding hydrogens is 279 g/mol. The first-order valence-corrected chi connectivity index (χ1v) is 5.74. The molecule has 1 rings (SSSR count). The number of halogens is 1. The summed E-state index contributed by atoms with van der Waals surface area (Å²) in [5, 5.41) is 0. The van der Waals surface area contributed by atoms with Gasteiger partial charge in [-0.15, -0.1) is 12.6 Å². The molecule has 0 aromatic heterocycles. The average Bonchev–Trinajstić information content (AvgIpc) is 2.08. The van der Waals surface area contributed by atoms with Crippen LogP contribution in [-0.4, -0.2) is 0 Å². The minimum absolute atomic E-state index is 1.10. The van der Waals surface area contributed by atoms with Gasteiger partial charge in [-0.2, -0.15) is 0 Å². The van der Waals surface area contributed by atoms with Crippen LogP contribution in [0, 0.1) is 3.57 Å². The van der Waals surface area contributed by atoms with Crippen molar-refractivity contribution in [3.05, 3.63) is 27.3 Å². The summed E-state index contributed by atoms with van der Waals surface area (Å²) in [5.41, 5.74) is 1.44. The fourth-order valence-corrected chi connectivity index (χ4v) is 1.99. The number of benzene rings is 1. The smallest absolute Gasteiger partial charge is 0.0295 e. The zero-order valence-electron chi connectivity index (χ0n) is 7.18. The lowest BCUT2D eigenvalue weighted by Gasteiger charge is -2.04. The zero-order chi connectivity index (χ0) is 8.97. The van der Waals surface area contributed by atoms with Crippen molar-refractivity contribution in [2.75, 3.05) is 0 Å². The van der Waals surface area contributed by atoms with Crippen LogP contribution >= 0.6 is 35.2 Å². The third kappa shape index (κ3) is 2.66. The van der Waals surface area contributed by atoms with Gasteiger partial charge in [-0.1, -0.05) is 25.5 Å². The molecule has 12 heavy (non-hydrogen) atoms. The Morgan fingerprint density at radius 2 is 2.17 bits per heavy atom. The largest absolute Gasteiger partial charge is 0.142 e. The molecule has 0 aliphatic rings. The van der Waals surface area contributed by atoms with Gasteiger partial charge in [0, 0.05) is 8.47 Å². The van der Waals surface area contributed by atoms with Crippen molar-refractivity contribution in [1.82, 2.24) is 0 Å². The maximum atomic E-state index is 4.38. The first-order valence-electron chi connectivity index (χ1n) is 4.22. The van der Waals surface area contributed by atoms with E-state index < -0.39 is 0 Å². The summed E-state index contributed by atoms with van der Waals surface area (Å²) in [6.45, 7) is 2.22. The normalized spacial score (nSPS) is 10.2. The van der Waals surface area contributed by atoms with Crippen LogP contribution < -0.4 is 0 Å². The van der Waals surface area contributed by atoms with E-state index >= 15 is 0 Å². The molecule has 1 aromatic rings. The molecule has 0 radical (unpaired) electrons. The Kier molecular flexibility index (Phi) is 4.43. The van der Waals surface area contributed by atoms with E-state index in [1.54, 1.807) is 0 Å². The second kappa shape index (κ2) is 5.12. The number of aryl methyl sites for hydroxylation is 1. The molecule has 0 atom stereocenters. The van der Waals surface area contributed by atoms with Gasteiger partial charge in [0.05, 0.1) is 0 Å². The Labute approximate surface area is 93.3 Å². The highest BCUT2D eigenvalue weighted by Gasteiger charge is 2.00. The molecule has 1 aromatic carbocycles. The Morgan fingerprint density at radius 3 is 2.83 bits per heavy atom. The van der Waals surface area contributed by atoms with Crippen LogP contribution in [-0.2, 0) is 6.42 Å². The Morgan fingerprint density at radius 1 is 1.42 bits per heavy atom. The summed E-state index contributed by atoms with van der Waals surface area (Å²) in [5.74, 6) is 0. The standard InChI is InChI=1S/C10H13IS/c1-2-3-5-8-6-4-7-9(12)10(8)11/h4,6-7,12H,2-3,5H2,1H3. The van der Waals surface area contributed by atoms with Gasteiger partial charge in [0.25, 0.3) is 0 Å². The van der Waals surface area contributed by atoms with Crippen LogP contribution in [0.3, 0.4) is 0 Å². The van der Waals surface area contributed by atoms with Gasteiger partial charge in [-0.25, -0.2) is 0 Å². The molecule has 2 heteroatoms. The molecular formula is C10H13IS. The van der Waals surface area contributed by atoms with E-state index in [0.29, 0.717) is 0 Å². The SMILES string of the molecule is CCCCc1cccc(S)c1I. The third-order valence-corrected chi connectivity index (χ3v) is 3.93. The monoisotopic (exact) mass is 292 g/mol. The maximum absolute atomic E-state index is 4.38. The predicted octanol–water partition coefficient (Wildman–Crippen LogP) is 3.92. The summed E-state index contributed by atoms with van der Waals surface area (Å²) in [4.78, 5) is 1.10. The molecule has 0 unspecified atom stereocenters. The van der Waals surface area contributed by atoms with Gasteiger partial charge in [0.2, 0.25) is 0 Å². The van der Waals surface area contributed by atoms with E-state index in [4.69, 9.17) is 0 Å². The fourth-order valence-electron chi connectivity index (χ4n) is 1.13. The van der Waals surface area contributed by atoms with Crippen molar-refractivity contribution in [1.29, 1.82) is 0 Å². The first kappa shape index (κ1) is 10.4. The summed E-state index contributed by atoms with van der Waals surface area (Å²) in [6.07, 6.45) is 3.71. The molecule has 66 valence electrons. The average molecular weight is 292 g/mol. The van der Waals surface area contributed by atoms with Crippen LogP contribution in [0.15, 0.2) is 23.1 Å². The molecule has 0 bridgehead atoms. The van der Waals surface area contributed by atoms with Crippen molar-refractivity contribution in [2.45, 2.75) is 31.1 Å². The predicted molar refractivity (Wildman–Crippen MR) is 65.0 cm³/mol. The van der Waals surface area contributed by atoms with E-state index in [1.165, 1.54) is 28.4 Å². The zero-order valence-corrected chi connectivity index (χ0v) is 10.2. The molecule has 0 spiro atoms. The molecule has 0 fully saturated rings. The van der Waals surface area contributed by atoms with Gasteiger partial charge >= 0.3 is 0 Å². The van der Waals surface area contributed by atoms with Crippen LogP contribution in [0.5, 0.6) is 0 Å². The highest BCUT2D eigenvalue weighted by Crippen LogP contribution is 2.21. The summed E-state index contributed by atoms with van der Waals surface area (Å²) in [6, 6.07) is 6.31. The second-order valence-electron chi connectivity index (χ2n) is 2.85. The lowest BCUT2D eigenvalue weighted by atomic mass is 10.1. The second-order valence-corrected chi connectivity index (χ2v) is 4.41. The van der Waals surface area contributed by atoms with Crippen molar-refractivity contribution in [3.8, 4) is 0 Å². The quantitative estimate of drug-likeness (QED) is 0.633. The number of hydrogen-bond donors (Lipinski definition) is 1. The van der Waals surface area contributed by atoms with E-state index in [-0.39, 0.29) is 0 Å². The Balaban J connectivity index is 2.78. The molecule has 0 saturated heterocycles. The molecule has 0 N–H and O–H groups in total. The van der Waals surface area contributed by atoms with Crippen LogP contribution in [0.4, 0.5) is 0 Å². The van der Waals surface area contributed by atoms with Crippen molar-refractivity contribution in [3.63, 3.8) is 0 Å². The molecule has 0 saturated carbocycles. The van der Waals surface area contributed by atoms with Gasteiger partial charge in [-0.3, -0.25) is 0 Å². The molecule has 0 aliphatic carbocycles.